The van der Waals surface area contributed by atoms with Gasteiger partial charge in [0.2, 0.25) is 0 Å². The summed E-state index contributed by atoms with van der Waals surface area (Å²) in [6.07, 6.45) is -3.03. The Hall–Kier alpha value is -2.45. The number of aliphatic hydroxyl groups is 2. The third kappa shape index (κ3) is 6.27. The van der Waals surface area contributed by atoms with Crippen LogP contribution < -0.4 is 0 Å². The fourth-order valence-electron chi connectivity index (χ4n) is 3.44. The number of hydrogen-bond donors (Lipinski definition) is 2. The summed E-state index contributed by atoms with van der Waals surface area (Å²) < 4.78 is 17.0. The van der Waals surface area contributed by atoms with Crippen LogP contribution in [0, 0.1) is 0 Å². The summed E-state index contributed by atoms with van der Waals surface area (Å²) in [5.41, 5.74) is 11.2. The Morgan fingerprint density at radius 1 is 0.933 bits per heavy atom. The summed E-state index contributed by atoms with van der Waals surface area (Å²) in [5.74, 6) is 0. The van der Waals surface area contributed by atoms with Gasteiger partial charge in [0.05, 0.1) is 38.1 Å². The molecule has 0 aliphatic carbocycles. The number of ether oxygens (including phenoxy) is 3. The summed E-state index contributed by atoms with van der Waals surface area (Å²) in [5, 5.41) is 24.2. The topological polar surface area (TPSA) is 117 Å². The standard InChI is InChI=1S/C22H27N3O5/c23-25-24-19-18(15-28-13-11-16-7-3-1-4-8-16)30-22(27)20(26)21(19)29-14-12-17-9-5-2-6-10-17/h1-10,18-22,26-27H,11-15H2/t18-,19+,20-,21+,22-/m1/s1. The lowest BCUT2D eigenvalue weighted by molar-refractivity contribution is -0.268. The van der Waals surface area contributed by atoms with Gasteiger partial charge >= 0.3 is 0 Å². The van der Waals surface area contributed by atoms with Crippen molar-refractivity contribution in [2.45, 2.75) is 43.5 Å². The van der Waals surface area contributed by atoms with E-state index in [-0.39, 0.29) is 6.61 Å². The second-order valence-electron chi connectivity index (χ2n) is 7.13. The molecule has 2 aromatic rings. The van der Waals surface area contributed by atoms with E-state index in [9.17, 15) is 10.2 Å². The summed E-state index contributed by atoms with van der Waals surface area (Å²) in [4.78, 5) is 2.88. The van der Waals surface area contributed by atoms with Crippen molar-refractivity contribution >= 4 is 0 Å². The Bertz CT molecular complexity index is 801. The predicted molar refractivity (Wildman–Crippen MR) is 111 cm³/mol. The van der Waals surface area contributed by atoms with Crippen molar-refractivity contribution in [1.82, 2.24) is 0 Å². The van der Waals surface area contributed by atoms with Crippen LogP contribution >= 0.6 is 0 Å². The van der Waals surface area contributed by atoms with Crippen molar-refractivity contribution in [3.8, 4) is 0 Å². The average molecular weight is 413 g/mol. The van der Waals surface area contributed by atoms with E-state index in [0.29, 0.717) is 19.6 Å². The van der Waals surface area contributed by atoms with Gasteiger partial charge in [-0.2, -0.15) is 0 Å². The second-order valence-corrected chi connectivity index (χ2v) is 7.13. The maximum Gasteiger partial charge on any atom is 0.183 e. The van der Waals surface area contributed by atoms with E-state index in [1.807, 2.05) is 60.7 Å². The highest BCUT2D eigenvalue weighted by Crippen LogP contribution is 2.26. The monoisotopic (exact) mass is 413 g/mol. The molecule has 2 N–H and O–H groups in total. The molecular weight excluding hydrogens is 386 g/mol. The van der Waals surface area contributed by atoms with Gasteiger partial charge in [-0.3, -0.25) is 0 Å². The van der Waals surface area contributed by atoms with Crippen molar-refractivity contribution in [3.05, 3.63) is 82.2 Å². The van der Waals surface area contributed by atoms with E-state index in [4.69, 9.17) is 19.7 Å². The molecule has 0 bridgehead atoms. The first-order valence-corrected chi connectivity index (χ1v) is 10.0. The maximum atomic E-state index is 10.3. The molecular formula is C22H27N3O5. The smallest absolute Gasteiger partial charge is 0.183 e. The quantitative estimate of drug-likeness (QED) is 0.269. The molecule has 1 aliphatic heterocycles. The number of benzene rings is 2. The van der Waals surface area contributed by atoms with Gasteiger partial charge in [-0.15, -0.1) is 0 Å². The molecule has 0 spiro atoms. The second kappa shape index (κ2) is 11.7. The molecule has 2 aromatic carbocycles. The van der Waals surface area contributed by atoms with Gasteiger partial charge in [-0.1, -0.05) is 65.8 Å². The molecule has 1 saturated heterocycles. The van der Waals surface area contributed by atoms with E-state index in [0.717, 1.165) is 17.5 Å². The first-order chi connectivity index (χ1) is 14.7. The molecule has 0 unspecified atom stereocenters. The number of hydrogen-bond acceptors (Lipinski definition) is 6. The third-order valence-corrected chi connectivity index (χ3v) is 5.05. The SMILES string of the molecule is [N-]=[N+]=N[C@@H]1[C@H](OCCc2ccccc2)[C@@H](O)[C@H](O)O[C@@H]1COCCc1ccccc1. The van der Waals surface area contributed by atoms with Gasteiger partial charge in [-0.25, -0.2) is 0 Å². The minimum absolute atomic E-state index is 0.110. The Labute approximate surface area is 175 Å². The van der Waals surface area contributed by atoms with Gasteiger partial charge in [0.25, 0.3) is 0 Å². The average Bonchev–Trinajstić information content (AvgIpc) is 2.78. The highest BCUT2D eigenvalue weighted by Gasteiger charge is 2.45. The molecule has 3 rings (SSSR count). The Balaban J connectivity index is 1.56. The minimum Gasteiger partial charge on any atom is -0.385 e. The Morgan fingerprint density at radius 2 is 1.53 bits per heavy atom. The number of rotatable bonds is 10. The summed E-state index contributed by atoms with van der Waals surface area (Å²) in [6.45, 7) is 0.862. The van der Waals surface area contributed by atoms with Gasteiger partial charge in [0.1, 0.15) is 6.10 Å². The fraction of sp³-hybridized carbons (Fsp3) is 0.455. The lowest BCUT2D eigenvalue weighted by Crippen LogP contribution is -2.59. The highest BCUT2D eigenvalue weighted by atomic mass is 16.6. The van der Waals surface area contributed by atoms with E-state index in [2.05, 4.69) is 10.0 Å². The molecule has 1 aliphatic rings. The van der Waals surface area contributed by atoms with E-state index < -0.39 is 30.6 Å². The summed E-state index contributed by atoms with van der Waals surface area (Å²) in [7, 11) is 0. The summed E-state index contributed by atoms with van der Waals surface area (Å²) >= 11 is 0. The summed E-state index contributed by atoms with van der Waals surface area (Å²) in [6, 6.07) is 18.9. The van der Waals surface area contributed by atoms with Gasteiger partial charge in [-0.05, 0) is 29.5 Å². The van der Waals surface area contributed by atoms with Crippen LogP contribution in [0.1, 0.15) is 11.1 Å². The third-order valence-electron chi connectivity index (χ3n) is 5.05. The lowest BCUT2D eigenvalue weighted by Gasteiger charge is -2.41. The largest absolute Gasteiger partial charge is 0.385 e. The van der Waals surface area contributed by atoms with Crippen LogP contribution in [0.3, 0.4) is 0 Å². The normalized spacial score (nSPS) is 26.1. The van der Waals surface area contributed by atoms with E-state index in [1.54, 1.807) is 0 Å². The first-order valence-electron chi connectivity index (χ1n) is 10.0. The molecule has 0 amide bonds. The van der Waals surface area contributed by atoms with E-state index in [1.165, 1.54) is 0 Å². The molecule has 30 heavy (non-hydrogen) atoms. The fourth-order valence-corrected chi connectivity index (χ4v) is 3.44. The zero-order valence-corrected chi connectivity index (χ0v) is 16.7. The molecule has 8 heteroatoms. The van der Waals surface area contributed by atoms with Crippen molar-refractivity contribution < 1.29 is 24.4 Å². The molecule has 160 valence electrons. The molecule has 0 aromatic heterocycles. The highest BCUT2D eigenvalue weighted by molar-refractivity contribution is 5.15. The van der Waals surface area contributed by atoms with Crippen LogP contribution in [0.25, 0.3) is 10.4 Å². The van der Waals surface area contributed by atoms with Gasteiger partial charge in [0, 0.05) is 4.91 Å². The Morgan fingerprint density at radius 3 is 2.13 bits per heavy atom. The predicted octanol–water partition coefficient (Wildman–Crippen LogP) is 2.63. The van der Waals surface area contributed by atoms with Crippen molar-refractivity contribution in [3.63, 3.8) is 0 Å². The lowest BCUT2D eigenvalue weighted by atomic mass is 9.97. The first kappa shape index (κ1) is 22.2. The van der Waals surface area contributed by atoms with Gasteiger partial charge in [0.15, 0.2) is 6.29 Å². The molecule has 5 atom stereocenters. The zero-order valence-electron chi connectivity index (χ0n) is 16.7. The molecule has 8 nitrogen and oxygen atoms in total. The van der Waals surface area contributed by atoms with Crippen molar-refractivity contribution in [2.24, 2.45) is 5.11 Å². The van der Waals surface area contributed by atoms with Crippen LogP contribution in [0.2, 0.25) is 0 Å². The molecule has 0 saturated carbocycles. The maximum absolute atomic E-state index is 10.3. The van der Waals surface area contributed by atoms with E-state index >= 15 is 0 Å². The number of aliphatic hydroxyl groups excluding tert-OH is 2. The van der Waals surface area contributed by atoms with Crippen LogP contribution in [-0.4, -0.2) is 60.7 Å². The van der Waals surface area contributed by atoms with Crippen molar-refractivity contribution in [2.75, 3.05) is 19.8 Å². The van der Waals surface area contributed by atoms with Crippen LogP contribution in [-0.2, 0) is 27.1 Å². The Kier molecular flexibility index (Phi) is 8.65. The molecule has 1 heterocycles. The van der Waals surface area contributed by atoms with Gasteiger partial charge < -0.3 is 24.4 Å². The molecule has 1 fully saturated rings. The number of azide groups is 1. The molecule has 0 radical (unpaired) electrons. The van der Waals surface area contributed by atoms with Crippen molar-refractivity contribution in [1.29, 1.82) is 0 Å². The van der Waals surface area contributed by atoms with Crippen LogP contribution in [0.4, 0.5) is 0 Å². The minimum atomic E-state index is -1.44. The van der Waals surface area contributed by atoms with Crippen LogP contribution in [0.5, 0.6) is 0 Å². The number of nitrogens with zero attached hydrogens (tertiary/aromatic N) is 3. The van der Waals surface area contributed by atoms with Crippen LogP contribution in [0.15, 0.2) is 65.8 Å². The zero-order chi connectivity index (χ0) is 21.2.